The number of carbonyl (C=O) groups excluding carboxylic acids is 2. The fourth-order valence-corrected chi connectivity index (χ4v) is 3.25. The maximum absolute atomic E-state index is 13.1. The predicted molar refractivity (Wildman–Crippen MR) is 105 cm³/mol. The minimum Gasteiger partial charge on any atom is -0.449 e. The molecule has 29 heavy (non-hydrogen) atoms. The van der Waals surface area contributed by atoms with Crippen LogP contribution in [0.5, 0.6) is 0 Å². The van der Waals surface area contributed by atoms with Crippen molar-refractivity contribution >= 4 is 29.6 Å². The third-order valence-corrected chi connectivity index (χ3v) is 4.83. The number of morpholine rings is 1. The lowest BCUT2D eigenvalue weighted by Gasteiger charge is -2.28. The third kappa shape index (κ3) is 5.02. The molecule has 1 aromatic carbocycles. The Morgan fingerprint density at radius 2 is 1.93 bits per heavy atom. The monoisotopic (exact) mass is 421 g/mol. The van der Waals surface area contributed by atoms with Crippen molar-refractivity contribution in [2.75, 3.05) is 26.3 Å². The van der Waals surface area contributed by atoms with E-state index in [1.807, 2.05) is 0 Å². The Labute approximate surface area is 172 Å². The van der Waals surface area contributed by atoms with E-state index in [-0.39, 0.29) is 16.9 Å². The van der Waals surface area contributed by atoms with Crippen LogP contribution in [0.2, 0.25) is 5.15 Å². The lowest BCUT2D eigenvalue weighted by molar-refractivity contribution is -0.157. The number of ether oxygens (including phenoxy) is 2. The Hall–Kier alpha value is -2.71. The summed E-state index contributed by atoms with van der Waals surface area (Å²) in [5.41, 5.74) is 1.70. The number of carbonyl (C=O) groups is 2. The molecular weight excluding hydrogens is 401 g/mol. The molecule has 0 N–H and O–H groups in total. The van der Waals surface area contributed by atoms with Crippen LogP contribution in [0.4, 0.5) is 4.39 Å². The zero-order chi connectivity index (χ0) is 21.0. The molecule has 0 bridgehead atoms. The highest BCUT2D eigenvalue weighted by atomic mass is 35.5. The van der Waals surface area contributed by atoms with Crippen molar-refractivity contribution in [1.82, 2.24) is 14.7 Å². The molecule has 7 nitrogen and oxygen atoms in total. The van der Waals surface area contributed by atoms with Gasteiger partial charge in [-0.25, -0.2) is 13.9 Å². The maximum Gasteiger partial charge on any atom is 0.331 e. The standard InChI is InChI=1S/C20H21ClFN3O4/c1-13-17(19(21)25(23-13)16-5-3-15(22)4-6-16)7-8-18(26)29-14(2)20(27)24-9-11-28-12-10-24/h3-8,14H,9-12H2,1-2H3/b8-7+. The smallest absolute Gasteiger partial charge is 0.331 e. The molecular formula is C20H21ClFN3O4. The molecule has 0 saturated carbocycles. The first kappa shape index (κ1) is 21.0. The average molecular weight is 422 g/mol. The zero-order valence-corrected chi connectivity index (χ0v) is 16.9. The minimum absolute atomic E-state index is 0.256. The first-order valence-electron chi connectivity index (χ1n) is 9.13. The fraction of sp³-hybridized carbons (Fsp3) is 0.350. The number of hydrogen-bond acceptors (Lipinski definition) is 5. The molecule has 0 spiro atoms. The quantitative estimate of drug-likeness (QED) is 0.548. The van der Waals surface area contributed by atoms with Crippen molar-refractivity contribution in [1.29, 1.82) is 0 Å². The van der Waals surface area contributed by atoms with Crippen molar-refractivity contribution in [2.45, 2.75) is 20.0 Å². The topological polar surface area (TPSA) is 73.7 Å². The van der Waals surface area contributed by atoms with Crippen LogP contribution in [0.15, 0.2) is 30.3 Å². The number of nitrogens with zero attached hydrogens (tertiary/aromatic N) is 3. The molecule has 1 unspecified atom stereocenters. The van der Waals surface area contributed by atoms with Crippen LogP contribution in [0.1, 0.15) is 18.2 Å². The van der Waals surface area contributed by atoms with Gasteiger partial charge in [0.25, 0.3) is 5.91 Å². The molecule has 154 valence electrons. The largest absolute Gasteiger partial charge is 0.449 e. The molecule has 1 aliphatic heterocycles. The number of aryl methyl sites for hydroxylation is 1. The van der Waals surface area contributed by atoms with Gasteiger partial charge in [-0.05, 0) is 44.2 Å². The van der Waals surface area contributed by atoms with Crippen molar-refractivity contribution in [2.24, 2.45) is 0 Å². The van der Waals surface area contributed by atoms with E-state index in [2.05, 4.69) is 5.10 Å². The number of amides is 1. The van der Waals surface area contributed by atoms with Gasteiger partial charge in [-0.1, -0.05) is 11.6 Å². The van der Waals surface area contributed by atoms with Crippen LogP contribution < -0.4 is 0 Å². The molecule has 1 amide bonds. The molecule has 9 heteroatoms. The van der Waals surface area contributed by atoms with Gasteiger partial charge in [0.15, 0.2) is 6.10 Å². The van der Waals surface area contributed by atoms with Gasteiger partial charge in [-0.2, -0.15) is 5.10 Å². The predicted octanol–water partition coefficient (Wildman–Crippen LogP) is 2.78. The lowest BCUT2D eigenvalue weighted by Crippen LogP contribution is -2.45. The highest BCUT2D eigenvalue weighted by molar-refractivity contribution is 6.31. The summed E-state index contributed by atoms with van der Waals surface area (Å²) in [5.74, 6) is -1.28. The van der Waals surface area contributed by atoms with Crippen LogP contribution in [-0.4, -0.2) is 59.0 Å². The Balaban J connectivity index is 1.67. The third-order valence-electron chi connectivity index (χ3n) is 4.47. The second kappa shape index (κ2) is 9.19. The Morgan fingerprint density at radius 3 is 2.59 bits per heavy atom. The van der Waals surface area contributed by atoms with E-state index >= 15 is 0 Å². The van der Waals surface area contributed by atoms with E-state index in [4.69, 9.17) is 21.1 Å². The molecule has 1 fully saturated rings. The maximum atomic E-state index is 13.1. The molecule has 1 atom stereocenters. The molecule has 2 aromatic rings. The molecule has 3 rings (SSSR count). The summed E-state index contributed by atoms with van der Waals surface area (Å²) in [6, 6.07) is 5.72. The van der Waals surface area contributed by atoms with Crippen LogP contribution in [0, 0.1) is 12.7 Å². The lowest BCUT2D eigenvalue weighted by atomic mass is 10.2. The van der Waals surface area contributed by atoms with Crippen LogP contribution in [0.3, 0.4) is 0 Å². The molecule has 1 aliphatic rings. The summed E-state index contributed by atoms with van der Waals surface area (Å²) >= 11 is 6.38. The first-order chi connectivity index (χ1) is 13.9. The van der Waals surface area contributed by atoms with E-state index in [0.717, 1.165) is 0 Å². The number of hydrogen-bond donors (Lipinski definition) is 0. The number of halogens is 2. The van der Waals surface area contributed by atoms with Gasteiger partial charge < -0.3 is 14.4 Å². The Bertz CT molecular complexity index is 921. The van der Waals surface area contributed by atoms with E-state index in [1.54, 1.807) is 24.0 Å². The summed E-state index contributed by atoms with van der Waals surface area (Å²) in [6.07, 6.45) is 1.79. The van der Waals surface area contributed by atoms with Gasteiger partial charge in [-0.3, -0.25) is 4.79 Å². The highest BCUT2D eigenvalue weighted by Gasteiger charge is 2.24. The van der Waals surface area contributed by atoms with Gasteiger partial charge >= 0.3 is 5.97 Å². The number of rotatable bonds is 5. The highest BCUT2D eigenvalue weighted by Crippen LogP contribution is 2.25. The number of esters is 1. The second-order valence-electron chi connectivity index (χ2n) is 6.53. The van der Waals surface area contributed by atoms with Gasteiger partial charge in [0.2, 0.25) is 0 Å². The zero-order valence-electron chi connectivity index (χ0n) is 16.1. The average Bonchev–Trinajstić information content (AvgIpc) is 3.00. The normalized spacial score (nSPS) is 15.5. The van der Waals surface area contributed by atoms with Crippen molar-refractivity contribution in [3.8, 4) is 5.69 Å². The van der Waals surface area contributed by atoms with Gasteiger partial charge in [0, 0.05) is 24.7 Å². The van der Waals surface area contributed by atoms with Crippen molar-refractivity contribution in [3.63, 3.8) is 0 Å². The summed E-state index contributed by atoms with van der Waals surface area (Å²) in [6.45, 7) is 5.18. The number of aromatic nitrogens is 2. The summed E-state index contributed by atoms with van der Waals surface area (Å²) in [4.78, 5) is 26.1. The second-order valence-corrected chi connectivity index (χ2v) is 6.89. The number of benzene rings is 1. The fourth-order valence-electron chi connectivity index (χ4n) is 2.91. The summed E-state index contributed by atoms with van der Waals surface area (Å²) < 4.78 is 25.0. The molecule has 0 aliphatic carbocycles. The Kier molecular flexibility index (Phi) is 6.66. The van der Waals surface area contributed by atoms with Gasteiger partial charge in [0.1, 0.15) is 11.0 Å². The molecule has 1 saturated heterocycles. The van der Waals surface area contributed by atoms with Gasteiger partial charge in [0.05, 0.1) is 24.6 Å². The first-order valence-corrected chi connectivity index (χ1v) is 9.51. The van der Waals surface area contributed by atoms with Crippen LogP contribution in [-0.2, 0) is 19.1 Å². The van der Waals surface area contributed by atoms with Crippen molar-refractivity contribution < 1.29 is 23.5 Å². The molecule has 1 aromatic heterocycles. The van der Waals surface area contributed by atoms with Crippen molar-refractivity contribution in [3.05, 3.63) is 52.6 Å². The summed E-state index contributed by atoms with van der Waals surface area (Å²) in [7, 11) is 0. The van der Waals surface area contributed by atoms with E-state index < -0.39 is 12.1 Å². The Morgan fingerprint density at radius 1 is 1.28 bits per heavy atom. The van der Waals surface area contributed by atoms with E-state index in [1.165, 1.54) is 35.9 Å². The molecule has 0 radical (unpaired) electrons. The van der Waals surface area contributed by atoms with Gasteiger partial charge in [-0.15, -0.1) is 0 Å². The van der Waals surface area contributed by atoms with E-state index in [9.17, 15) is 14.0 Å². The summed E-state index contributed by atoms with van der Waals surface area (Å²) in [5, 5.41) is 4.60. The van der Waals surface area contributed by atoms with Crippen LogP contribution in [0.25, 0.3) is 11.8 Å². The van der Waals surface area contributed by atoms with Crippen LogP contribution >= 0.6 is 11.6 Å². The molecule has 2 heterocycles. The van der Waals surface area contributed by atoms with E-state index in [0.29, 0.717) is 43.2 Å². The minimum atomic E-state index is -0.899. The SMILES string of the molecule is Cc1nn(-c2ccc(F)cc2)c(Cl)c1/C=C/C(=O)OC(C)C(=O)N1CCOCC1.